The Balaban J connectivity index is 2.61. The number of hydrogen-bond donors (Lipinski definition) is 0. The summed E-state index contributed by atoms with van der Waals surface area (Å²) in [5.74, 6) is 1.16. The zero-order valence-corrected chi connectivity index (χ0v) is 11.2. The van der Waals surface area contributed by atoms with Crippen molar-refractivity contribution in [1.29, 1.82) is 0 Å². The maximum Gasteiger partial charge on any atom is 0.320 e. The van der Waals surface area contributed by atoms with E-state index in [0.717, 1.165) is 11.5 Å². The van der Waals surface area contributed by atoms with E-state index in [4.69, 9.17) is 9.15 Å². The van der Waals surface area contributed by atoms with Gasteiger partial charge in [0, 0.05) is 6.54 Å². The van der Waals surface area contributed by atoms with Gasteiger partial charge in [-0.3, -0.25) is 9.69 Å². The van der Waals surface area contributed by atoms with Gasteiger partial charge in [-0.2, -0.15) is 0 Å². The average molecular weight is 252 g/mol. The van der Waals surface area contributed by atoms with Crippen LogP contribution < -0.4 is 0 Å². The van der Waals surface area contributed by atoms with Crippen molar-refractivity contribution in [2.45, 2.75) is 27.3 Å². The van der Waals surface area contributed by atoms with Crippen LogP contribution in [0.5, 0.6) is 0 Å². The van der Waals surface area contributed by atoms with Crippen LogP contribution in [0.4, 0.5) is 0 Å². The summed E-state index contributed by atoms with van der Waals surface area (Å²) in [6.45, 7) is 10.9. The number of rotatable bonds is 7. The molecule has 0 fully saturated rings. The highest BCUT2D eigenvalue weighted by molar-refractivity contribution is 5.71. The number of hydrogen-bond acceptors (Lipinski definition) is 5. The molecule has 0 aromatic carbocycles. The second kappa shape index (κ2) is 6.96. The third-order valence-corrected chi connectivity index (χ3v) is 2.48. The normalized spacial score (nSPS) is 10.7. The highest BCUT2D eigenvalue weighted by Crippen LogP contribution is 2.10. The van der Waals surface area contributed by atoms with Gasteiger partial charge in [0.2, 0.25) is 5.89 Å². The fraction of sp³-hybridized carbons (Fsp3) is 0.538. The first-order valence-corrected chi connectivity index (χ1v) is 5.98. The molecule has 0 aliphatic heterocycles. The molecule has 1 rings (SSSR count). The Morgan fingerprint density at radius 2 is 2.28 bits per heavy atom. The average Bonchev–Trinajstić information content (AvgIpc) is 2.58. The number of oxazole rings is 1. The number of carbonyl (C=O) groups is 1. The molecule has 0 spiro atoms. The van der Waals surface area contributed by atoms with Gasteiger partial charge < -0.3 is 9.15 Å². The van der Waals surface area contributed by atoms with E-state index < -0.39 is 0 Å². The van der Waals surface area contributed by atoms with Gasteiger partial charge in [-0.05, 0) is 20.8 Å². The van der Waals surface area contributed by atoms with Crippen molar-refractivity contribution in [3.05, 3.63) is 30.0 Å². The Bertz CT molecular complexity index is 393. The van der Waals surface area contributed by atoms with Gasteiger partial charge in [0.25, 0.3) is 0 Å². The highest BCUT2D eigenvalue weighted by atomic mass is 16.5. The molecule has 0 N–H and O–H groups in total. The molecule has 0 saturated carbocycles. The molecule has 0 aliphatic carbocycles. The standard InChI is InChI=1S/C13H20N2O3/c1-5-7-15(9-13(16)17-6-2)8-12-14-10(3)11(4)18-12/h5H,1,6-9H2,2-4H3. The Labute approximate surface area is 107 Å². The molecule has 1 aromatic heterocycles. The van der Waals surface area contributed by atoms with Crippen LogP contribution in [0.1, 0.15) is 24.3 Å². The van der Waals surface area contributed by atoms with Gasteiger partial charge in [0.1, 0.15) is 5.76 Å². The molecule has 0 atom stereocenters. The molecule has 1 heterocycles. The van der Waals surface area contributed by atoms with Gasteiger partial charge in [0.05, 0.1) is 25.4 Å². The number of ether oxygens (including phenoxy) is 1. The minimum absolute atomic E-state index is 0.209. The van der Waals surface area contributed by atoms with Crippen LogP contribution in [0.15, 0.2) is 17.1 Å². The van der Waals surface area contributed by atoms with E-state index in [2.05, 4.69) is 11.6 Å². The molecule has 0 unspecified atom stereocenters. The quantitative estimate of drug-likeness (QED) is 0.547. The first kappa shape index (κ1) is 14.4. The summed E-state index contributed by atoms with van der Waals surface area (Å²) in [6.07, 6.45) is 1.74. The van der Waals surface area contributed by atoms with Crippen molar-refractivity contribution < 1.29 is 13.9 Å². The second-order valence-corrected chi connectivity index (χ2v) is 4.01. The topological polar surface area (TPSA) is 55.6 Å². The van der Waals surface area contributed by atoms with Gasteiger partial charge >= 0.3 is 5.97 Å². The van der Waals surface area contributed by atoms with Crippen LogP contribution in [0, 0.1) is 13.8 Å². The van der Waals surface area contributed by atoms with Crippen molar-refractivity contribution in [3.8, 4) is 0 Å². The monoisotopic (exact) mass is 252 g/mol. The molecule has 5 heteroatoms. The smallest absolute Gasteiger partial charge is 0.320 e. The maximum atomic E-state index is 11.4. The second-order valence-electron chi connectivity index (χ2n) is 4.01. The number of esters is 1. The van der Waals surface area contributed by atoms with Gasteiger partial charge in [-0.25, -0.2) is 4.98 Å². The molecule has 0 saturated heterocycles. The number of carbonyl (C=O) groups excluding carboxylic acids is 1. The Morgan fingerprint density at radius 1 is 1.56 bits per heavy atom. The van der Waals surface area contributed by atoms with Crippen molar-refractivity contribution in [3.63, 3.8) is 0 Å². The summed E-state index contributed by atoms with van der Waals surface area (Å²) in [4.78, 5) is 17.6. The van der Waals surface area contributed by atoms with E-state index in [1.54, 1.807) is 13.0 Å². The van der Waals surface area contributed by atoms with Crippen LogP contribution in [0.3, 0.4) is 0 Å². The summed E-state index contributed by atoms with van der Waals surface area (Å²) >= 11 is 0. The first-order chi connectivity index (χ1) is 8.56. The van der Waals surface area contributed by atoms with Crippen LogP contribution >= 0.6 is 0 Å². The van der Waals surface area contributed by atoms with E-state index in [0.29, 0.717) is 25.6 Å². The summed E-state index contributed by atoms with van der Waals surface area (Å²) in [5, 5.41) is 0. The van der Waals surface area contributed by atoms with E-state index >= 15 is 0 Å². The van der Waals surface area contributed by atoms with E-state index in [9.17, 15) is 4.79 Å². The third kappa shape index (κ3) is 4.33. The van der Waals surface area contributed by atoms with Crippen molar-refractivity contribution in [2.24, 2.45) is 0 Å². The van der Waals surface area contributed by atoms with Gasteiger partial charge in [0.15, 0.2) is 0 Å². The predicted octanol–water partition coefficient (Wildman–Crippen LogP) is 1.84. The SMILES string of the molecule is C=CCN(CC(=O)OCC)Cc1nc(C)c(C)o1. The molecule has 5 nitrogen and oxygen atoms in total. The van der Waals surface area contributed by atoms with Crippen LogP contribution in [-0.2, 0) is 16.1 Å². The van der Waals surface area contributed by atoms with E-state index in [-0.39, 0.29) is 12.5 Å². The van der Waals surface area contributed by atoms with Crippen molar-refractivity contribution in [1.82, 2.24) is 9.88 Å². The predicted molar refractivity (Wildman–Crippen MR) is 68.1 cm³/mol. The minimum atomic E-state index is -0.251. The molecule has 100 valence electrons. The van der Waals surface area contributed by atoms with E-state index in [1.165, 1.54) is 0 Å². The lowest BCUT2D eigenvalue weighted by atomic mass is 10.4. The van der Waals surface area contributed by atoms with Crippen molar-refractivity contribution >= 4 is 5.97 Å². The highest BCUT2D eigenvalue weighted by Gasteiger charge is 2.14. The Kier molecular flexibility index (Phi) is 5.58. The van der Waals surface area contributed by atoms with Gasteiger partial charge in [-0.1, -0.05) is 6.08 Å². The summed E-state index contributed by atoms with van der Waals surface area (Å²) in [7, 11) is 0. The maximum absolute atomic E-state index is 11.4. The lowest BCUT2D eigenvalue weighted by Crippen LogP contribution is -2.31. The molecule has 18 heavy (non-hydrogen) atoms. The fourth-order valence-corrected chi connectivity index (χ4v) is 1.55. The fourth-order valence-electron chi connectivity index (χ4n) is 1.55. The molecule has 1 aromatic rings. The van der Waals surface area contributed by atoms with Gasteiger partial charge in [-0.15, -0.1) is 6.58 Å². The van der Waals surface area contributed by atoms with Crippen LogP contribution in [-0.4, -0.2) is 35.5 Å². The number of aryl methyl sites for hydroxylation is 2. The summed E-state index contributed by atoms with van der Waals surface area (Å²) in [6, 6.07) is 0. The first-order valence-electron chi connectivity index (χ1n) is 5.98. The zero-order chi connectivity index (χ0) is 13.5. The molecule has 0 aliphatic rings. The Morgan fingerprint density at radius 3 is 2.78 bits per heavy atom. The summed E-state index contributed by atoms with van der Waals surface area (Å²) < 4.78 is 10.4. The molecular formula is C13H20N2O3. The molecule has 0 bridgehead atoms. The number of aromatic nitrogens is 1. The lowest BCUT2D eigenvalue weighted by Gasteiger charge is -2.17. The Hall–Kier alpha value is -1.62. The molecule has 0 radical (unpaired) electrons. The lowest BCUT2D eigenvalue weighted by molar-refractivity contribution is -0.144. The van der Waals surface area contributed by atoms with Crippen LogP contribution in [0.25, 0.3) is 0 Å². The summed E-state index contributed by atoms with van der Waals surface area (Å²) in [5.41, 5.74) is 0.875. The minimum Gasteiger partial charge on any atom is -0.465 e. The third-order valence-electron chi connectivity index (χ3n) is 2.48. The number of nitrogens with zero attached hydrogens (tertiary/aromatic N) is 2. The molecule has 0 amide bonds. The molecular weight excluding hydrogens is 232 g/mol. The van der Waals surface area contributed by atoms with E-state index in [1.807, 2.05) is 18.7 Å². The van der Waals surface area contributed by atoms with Crippen LogP contribution in [0.2, 0.25) is 0 Å². The largest absolute Gasteiger partial charge is 0.465 e. The zero-order valence-electron chi connectivity index (χ0n) is 11.2. The van der Waals surface area contributed by atoms with Crippen molar-refractivity contribution in [2.75, 3.05) is 19.7 Å².